The number of hydrogen-bond acceptors (Lipinski definition) is 1. The van der Waals surface area contributed by atoms with Gasteiger partial charge in [0.25, 0.3) is 0 Å². The summed E-state index contributed by atoms with van der Waals surface area (Å²) in [5, 5.41) is 7.27. The van der Waals surface area contributed by atoms with Crippen molar-refractivity contribution >= 4 is 65.9 Å². The molecule has 0 amide bonds. The fourth-order valence-corrected chi connectivity index (χ4v) is 7.67. The number of aromatic nitrogens is 1. The summed E-state index contributed by atoms with van der Waals surface area (Å²) >= 11 is 0. The van der Waals surface area contributed by atoms with Crippen LogP contribution in [-0.4, -0.2) is 4.57 Å². The first-order valence-corrected chi connectivity index (χ1v) is 16.7. The second-order valence-corrected chi connectivity index (χ2v) is 12.8. The molecule has 0 N–H and O–H groups in total. The lowest BCUT2D eigenvalue weighted by Gasteiger charge is -2.27. The summed E-state index contributed by atoms with van der Waals surface area (Å²) in [5.41, 5.74) is 12.5. The van der Waals surface area contributed by atoms with Crippen molar-refractivity contribution in [3.63, 3.8) is 0 Å². The molecule has 1 heterocycles. The van der Waals surface area contributed by atoms with E-state index in [9.17, 15) is 0 Å². The van der Waals surface area contributed by atoms with Crippen LogP contribution in [0.5, 0.6) is 0 Å². The topological polar surface area (TPSA) is 8.17 Å². The van der Waals surface area contributed by atoms with Gasteiger partial charge in [-0.25, -0.2) is 0 Å². The van der Waals surface area contributed by atoms with Crippen LogP contribution in [-0.2, 0) is 0 Å². The minimum absolute atomic E-state index is 0.982. The van der Waals surface area contributed by atoms with E-state index in [1.807, 2.05) is 6.08 Å². The largest absolute Gasteiger partial charge is 0.310 e. The minimum atomic E-state index is 0.982. The van der Waals surface area contributed by atoms with E-state index in [1.165, 1.54) is 65.7 Å². The molecule has 8 aromatic rings. The van der Waals surface area contributed by atoms with Gasteiger partial charge in [-0.15, -0.1) is 0 Å². The van der Waals surface area contributed by atoms with Crippen LogP contribution in [0, 0.1) is 0 Å². The van der Waals surface area contributed by atoms with E-state index >= 15 is 0 Å². The molecule has 0 unspecified atom stereocenters. The number of rotatable bonds is 6. The van der Waals surface area contributed by atoms with Crippen LogP contribution < -0.4 is 4.90 Å². The predicted molar refractivity (Wildman–Crippen MR) is 211 cm³/mol. The molecule has 2 heteroatoms. The fraction of sp³-hybridized carbons (Fsp3) is 0.0213. The van der Waals surface area contributed by atoms with Gasteiger partial charge in [-0.05, 0) is 106 Å². The molecule has 0 fully saturated rings. The van der Waals surface area contributed by atoms with Gasteiger partial charge in [0, 0.05) is 33.2 Å². The second kappa shape index (κ2) is 11.4. The SMILES string of the molecule is C=C/C(=C\C1=C(C)c2ccccc2C1=C)N(c1ccc2ccccc2c1)c1ccc2c(c1)c1ccccc1n2-c1cccc2ccccc12. The summed E-state index contributed by atoms with van der Waals surface area (Å²) in [6, 6.07) is 54.5. The molecule has 0 aliphatic heterocycles. The van der Waals surface area contributed by atoms with Gasteiger partial charge in [0.2, 0.25) is 0 Å². The maximum absolute atomic E-state index is 4.53. The molecular formula is C47H34N2. The Kier molecular flexibility index (Phi) is 6.70. The highest BCUT2D eigenvalue weighted by molar-refractivity contribution is 6.12. The Labute approximate surface area is 286 Å². The first-order chi connectivity index (χ1) is 24.1. The highest BCUT2D eigenvalue weighted by Gasteiger charge is 2.23. The van der Waals surface area contributed by atoms with Crippen LogP contribution in [0.3, 0.4) is 0 Å². The van der Waals surface area contributed by atoms with Crippen molar-refractivity contribution < 1.29 is 0 Å². The molecular weight excluding hydrogens is 593 g/mol. The van der Waals surface area contributed by atoms with Crippen LogP contribution in [0.25, 0.3) is 60.2 Å². The first kappa shape index (κ1) is 28.8. The van der Waals surface area contributed by atoms with Crippen molar-refractivity contribution in [2.45, 2.75) is 6.92 Å². The van der Waals surface area contributed by atoms with E-state index in [0.717, 1.165) is 28.2 Å². The lowest BCUT2D eigenvalue weighted by molar-refractivity contribution is 1.19. The number of para-hydroxylation sites is 1. The number of nitrogens with zero attached hydrogens (tertiary/aromatic N) is 2. The maximum Gasteiger partial charge on any atom is 0.0542 e. The lowest BCUT2D eigenvalue weighted by atomic mass is 10.0. The van der Waals surface area contributed by atoms with Crippen molar-refractivity contribution in [3.8, 4) is 5.69 Å². The summed E-state index contributed by atoms with van der Waals surface area (Å²) in [6.45, 7) is 11.1. The van der Waals surface area contributed by atoms with Gasteiger partial charge in [-0.3, -0.25) is 0 Å². The molecule has 1 aliphatic carbocycles. The molecule has 0 spiro atoms. The molecule has 0 radical (unpaired) electrons. The third kappa shape index (κ3) is 4.57. The van der Waals surface area contributed by atoms with Crippen LogP contribution in [0.15, 0.2) is 188 Å². The van der Waals surface area contributed by atoms with Gasteiger partial charge in [-0.1, -0.05) is 122 Å². The van der Waals surface area contributed by atoms with Crippen molar-refractivity contribution in [3.05, 3.63) is 199 Å². The zero-order valence-corrected chi connectivity index (χ0v) is 27.4. The van der Waals surface area contributed by atoms with Gasteiger partial charge in [0.05, 0.1) is 16.7 Å². The quantitative estimate of drug-likeness (QED) is 0.167. The van der Waals surface area contributed by atoms with Crippen molar-refractivity contribution in [2.75, 3.05) is 4.90 Å². The number of anilines is 2. The highest BCUT2D eigenvalue weighted by atomic mass is 15.1. The Bertz CT molecular complexity index is 2710. The van der Waals surface area contributed by atoms with E-state index < -0.39 is 0 Å². The van der Waals surface area contributed by atoms with Gasteiger partial charge < -0.3 is 9.47 Å². The van der Waals surface area contributed by atoms with Gasteiger partial charge in [-0.2, -0.15) is 0 Å². The van der Waals surface area contributed by atoms with Gasteiger partial charge >= 0.3 is 0 Å². The molecule has 1 aliphatic rings. The van der Waals surface area contributed by atoms with Crippen LogP contribution >= 0.6 is 0 Å². The molecule has 2 nitrogen and oxygen atoms in total. The molecule has 1 aromatic heterocycles. The summed E-state index contributed by atoms with van der Waals surface area (Å²) in [5.74, 6) is 0. The minimum Gasteiger partial charge on any atom is -0.310 e. The number of hydrogen-bond donors (Lipinski definition) is 0. The number of benzene rings is 7. The Morgan fingerprint density at radius 1 is 0.571 bits per heavy atom. The molecule has 0 atom stereocenters. The Balaban J connectivity index is 1.29. The van der Waals surface area contributed by atoms with E-state index in [2.05, 4.69) is 187 Å². The Morgan fingerprint density at radius 3 is 2.02 bits per heavy atom. The molecule has 0 bridgehead atoms. The maximum atomic E-state index is 4.53. The molecule has 0 saturated heterocycles. The van der Waals surface area contributed by atoms with E-state index in [0.29, 0.717) is 0 Å². The molecule has 7 aromatic carbocycles. The van der Waals surface area contributed by atoms with Crippen molar-refractivity contribution in [2.24, 2.45) is 0 Å². The highest BCUT2D eigenvalue weighted by Crippen LogP contribution is 2.44. The predicted octanol–water partition coefficient (Wildman–Crippen LogP) is 12.8. The Hall–Kier alpha value is -6.38. The number of allylic oxidation sites excluding steroid dienone is 5. The van der Waals surface area contributed by atoms with Crippen molar-refractivity contribution in [1.29, 1.82) is 0 Å². The van der Waals surface area contributed by atoms with Crippen LogP contribution in [0.2, 0.25) is 0 Å². The third-order valence-corrected chi connectivity index (χ3v) is 10.1. The summed E-state index contributed by atoms with van der Waals surface area (Å²) in [4.78, 5) is 2.33. The van der Waals surface area contributed by atoms with Crippen LogP contribution in [0.4, 0.5) is 11.4 Å². The Morgan fingerprint density at radius 2 is 1.20 bits per heavy atom. The van der Waals surface area contributed by atoms with E-state index in [-0.39, 0.29) is 0 Å². The molecule has 0 saturated carbocycles. The van der Waals surface area contributed by atoms with Gasteiger partial charge in [0.1, 0.15) is 0 Å². The zero-order chi connectivity index (χ0) is 33.1. The lowest BCUT2D eigenvalue weighted by Crippen LogP contribution is -2.15. The summed E-state index contributed by atoms with van der Waals surface area (Å²) < 4.78 is 2.41. The average Bonchev–Trinajstić information content (AvgIpc) is 3.61. The van der Waals surface area contributed by atoms with Gasteiger partial charge in [0.15, 0.2) is 0 Å². The normalized spacial score (nSPS) is 13.2. The first-order valence-electron chi connectivity index (χ1n) is 16.7. The zero-order valence-electron chi connectivity index (χ0n) is 27.4. The van der Waals surface area contributed by atoms with E-state index in [4.69, 9.17) is 0 Å². The molecule has 232 valence electrons. The van der Waals surface area contributed by atoms with Crippen LogP contribution in [0.1, 0.15) is 18.1 Å². The molecule has 9 rings (SSSR count). The van der Waals surface area contributed by atoms with Crippen molar-refractivity contribution in [1.82, 2.24) is 4.57 Å². The third-order valence-electron chi connectivity index (χ3n) is 10.1. The van der Waals surface area contributed by atoms with E-state index in [1.54, 1.807) is 0 Å². The summed E-state index contributed by atoms with van der Waals surface area (Å²) in [7, 11) is 0. The second-order valence-electron chi connectivity index (χ2n) is 12.8. The monoisotopic (exact) mass is 626 g/mol. The molecule has 49 heavy (non-hydrogen) atoms. The fourth-order valence-electron chi connectivity index (χ4n) is 7.67. The smallest absolute Gasteiger partial charge is 0.0542 e. The number of fused-ring (bicyclic) bond motifs is 6. The average molecular weight is 627 g/mol. The standard InChI is InChI=1S/C47H34N2/c1-4-36(29-43-31(2)39-18-9-10-19-40(39)32(43)3)48(37-25-24-33-14-5-6-16-35(33)28-37)38-26-27-47-44(30-38)42-21-11-12-22-46(42)49(47)45-23-13-17-34-15-7-8-20-41(34)45/h4-30H,1-2H2,3H3/b36-29+. The summed E-state index contributed by atoms with van der Waals surface area (Å²) in [6.07, 6.45) is 4.22.